The van der Waals surface area contributed by atoms with Crippen LogP contribution in [0.15, 0.2) is 35.5 Å². The molecule has 22 heavy (non-hydrogen) atoms. The predicted molar refractivity (Wildman–Crippen MR) is 83.1 cm³/mol. The van der Waals surface area contributed by atoms with Crippen molar-refractivity contribution in [2.75, 3.05) is 11.6 Å². The minimum Gasteiger partial charge on any atom is -0.333 e. The molecule has 8 heteroatoms. The normalized spacial score (nSPS) is 18.3. The fraction of sp³-hybridized carbons (Fsp3) is 0.357. The Labute approximate surface area is 130 Å². The van der Waals surface area contributed by atoms with Gasteiger partial charge in [0.05, 0.1) is 12.6 Å². The molecule has 116 valence electrons. The van der Waals surface area contributed by atoms with Crippen molar-refractivity contribution in [2.24, 2.45) is 0 Å². The smallest absolute Gasteiger partial charge is 0.319 e. The first-order valence-electron chi connectivity index (χ1n) is 6.99. The molecule has 1 aliphatic heterocycles. The summed E-state index contributed by atoms with van der Waals surface area (Å²) in [5, 5.41) is 9.83. The fourth-order valence-electron chi connectivity index (χ4n) is 2.46. The van der Waals surface area contributed by atoms with Gasteiger partial charge in [0.2, 0.25) is 0 Å². The van der Waals surface area contributed by atoms with E-state index in [9.17, 15) is 9.00 Å². The van der Waals surface area contributed by atoms with E-state index in [0.29, 0.717) is 17.1 Å². The highest BCUT2D eigenvalue weighted by Gasteiger charge is 2.21. The molecule has 0 saturated heterocycles. The molecule has 3 rings (SSSR count). The maximum Gasteiger partial charge on any atom is 0.319 e. The van der Waals surface area contributed by atoms with Crippen molar-refractivity contribution in [3.8, 4) is 0 Å². The van der Waals surface area contributed by atoms with Crippen LogP contribution in [0.25, 0.3) is 0 Å². The van der Waals surface area contributed by atoms with Gasteiger partial charge in [0.15, 0.2) is 0 Å². The van der Waals surface area contributed by atoms with Crippen molar-refractivity contribution in [3.05, 3.63) is 36.4 Å². The number of rotatable bonds is 3. The maximum atomic E-state index is 12.1. The lowest BCUT2D eigenvalue weighted by Crippen LogP contribution is -2.43. The van der Waals surface area contributed by atoms with Crippen LogP contribution in [0.5, 0.6) is 0 Å². The van der Waals surface area contributed by atoms with E-state index >= 15 is 0 Å². The molecule has 2 N–H and O–H groups in total. The number of hydrogen-bond acceptors (Lipinski definition) is 4. The average molecular weight is 319 g/mol. The Bertz CT molecular complexity index is 715. The van der Waals surface area contributed by atoms with Crippen molar-refractivity contribution in [2.45, 2.75) is 30.3 Å². The van der Waals surface area contributed by atoms with Gasteiger partial charge in [-0.25, -0.2) is 14.5 Å². The molecule has 0 unspecified atom stereocenters. The first-order chi connectivity index (χ1) is 10.6. The summed E-state index contributed by atoms with van der Waals surface area (Å²) in [5.74, 6) is 0.955. The average Bonchev–Trinajstić information content (AvgIpc) is 2.95. The summed E-state index contributed by atoms with van der Waals surface area (Å²) in [6, 6.07) is 6.78. The molecule has 1 aliphatic rings. The second-order valence-corrected chi connectivity index (χ2v) is 6.55. The van der Waals surface area contributed by atoms with Gasteiger partial charge in [-0.2, -0.15) is 5.10 Å². The molecule has 7 nitrogen and oxygen atoms in total. The van der Waals surface area contributed by atoms with Gasteiger partial charge < -0.3 is 10.6 Å². The Kier molecular flexibility index (Phi) is 4.19. The second-order valence-electron chi connectivity index (χ2n) is 5.17. The van der Waals surface area contributed by atoms with E-state index in [4.69, 9.17) is 0 Å². The maximum absolute atomic E-state index is 12.1. The Morgan fingerprint density at radius 2 is 2.32 bits per heavy atom. The van der Waals surface area contributed by atoms with E-state index in [1.54, 1.807) is 30.5 Å². The molecule has 0 bridgehead atoms. The molecule has 1 aromatic heterocycles. The number of fused-ring (bicyclic) bond motifs is 1. The van der Waals surface area contributed by atoms with Gasteiger partial charge in [-0.05, 0) is 24.6 Å². The number of nitrogens with zero attached hydrogens (tertiary/aromatic N) is 3. The van der Waals surface area contributed by atoms with Gasteiger partial charge in [-0.1, -0.05) is 6.07 Å². The summed E-state index contributed by atoms with van der Waals surface area (Å²) in [4.78, 5) is 16.9. The number of anilines is 1. The summed E-state index contributed by atoms with van der Waals surface area (Å²) < 4.78 is 13.3. The summed E-state index contributed by atoms with van der Waals surface area (Å²) in [7, 11) is -1.07. The van der Waals surface area contributed by atoms with Crippen LogP contribution >= 0.6 is 0 Å². The van der Waals surface area contributed by atoms with Gasteiger partial charge in [0, 0.05) is 34.1 Å². The molecule has 0 radical (unpaired) electrons. The number of urea groups is 1. The van der Waals surface area contributed by atoms with E-state index in [-0.39, 0.29) is 12.1 Å². The number of aryl methyl sites for hydroxylation is 1. The molecule has 2 atom stereocenters. The third kappa shape index (κ3) is 3.33. The number of benzene rings is 1. The van der Waals surface area contributed by atoms with Crippen LogP contribution in [0, 0.1) is 0 Å². The van der Waals surface area contributed by atoms with Crippen LogP contribution < -0.4 is 10.6 Å². The lowest BCUT2D eigenvalue weighted by molar-refractivity contribution is 0.243. The lowest BCUT2D eigenvalue weighted by Gasteiger charge is -2.23. The van der Waals surface area contributed by atoms with Crippen LogP contribution in [0.1, 0.15) is 12.2 Å². The number of nitrogens with one attached hydrogen (secondary N) is 2. The Balaban J connectivity index is 1.59. The first-order valence-corrected chi connectivity index (χ1v) is 8.55. The molecule has 2 heterocycles. The topological polar surface area (TPSA) is 88.9 Å². The molecular formula is C14H17N5O2S. The third-order valence-electron chi connectivity index (χ3n) is 3.56. The van der Waals surface area contributed by atoms with Crippen LogP contribution in [0.4, 0.5) is 10.5 Å². The number of aromatic nitrogens is 3. The molecular weight excluding hydrogens is 302 g/mol. The Hall–Kier alpha value is -2.22. The van der Waals surface area contributed by atoms with Crippen LogP contribution in [-0.4, -0.2) is 37.3 Å². The largest absolute Gasteiger partial charge is 0.333 e. The highest BCUT2D eigenvalue weighted by Crippen LogP contribution is 2.14. The van der Waals surface area contributed by atoms with Gasteiger partial charge in [0.25, 0.3) is 0 Å². The van der Waals surface area contributed by atoms with E-state index in [1.165, 1.54) is 6.33 Å². The first kappa shape index (κ1) is 14.7. The van der Waals surface area contributed by atoms with Crippen molar-refractivity contribution >= 4 is 22.5 Å². The van der Waals surface area contributed by atoms with Crippen molar-refractivity contribution < 1.29 is 9.00 Å². The quantitative estimate of drug-likeness (QED) is 0.888. The zero-order valence-corrected chi connectivity index (χ0v) is 13.0. The predicted octanol–water partition coefficient (Wildman–Crippen LogP) is 1.15. The number of carbonyl (C=O) groups is 1. The minimum atomic E-state index is -1.07. The minimum absolute atomic E-state index is 0.0256. The van der Waals surface area contributed by atoms with E-state index in [2.05, 4.69) is 20.7 Å². The summed E-state index contributed by atoms with van der Waals surface area (Å²) in [6.07, 6.45) is 4.78. The fourth-order valence-corrected chi connectivity index (χ4v) is 3.02. The molecule has 0 saturated carbocycles. The van der Waals surface area contributed by atoms with Crippen LogP contribution in [0.3, 0.4) is 0 Å². The monoisotopic (exact) mass is 319 g/mol. The van der Waals surface area contributed by atoms with Gasteiger partial charge >= 0.3 is 6.03 Å². The summed E-state index contributed by atoms with van der Waals surface area (Å²) in [6.45, 7) is 0.627. The zero-order valence-electron chi connectivity index (χ0n) is 12.2. The van der Waals surface area contributed by atoms with Crippen LogP contribution in [0.2, 0.25) is 0 Å². The van der Waals surface area contributed by atoms with E-state index in [0.717, 1.165) is 18.7 Å². The molecule has 1 aromatic carbocycles. The SMILES string of the molecule is C[S@@](=O)c1cccc(NC(=O)N[C@H]2CCc3ncnn3C2)c1. The van der Waals surface area contributed by atoms with Gasteiger partial charge in [0.1, 0.15) is 12.2 Å². The van der Waals surface area contributed by atoms with E-state index < -0.39 is 10.8 Å². The Morgan fingerprint density at radius 1 is 1.45 bits per heavy atom. The van der Waals surface area contributed by atoms with Crippen molar-refractivity contribution in [3.63, 3.8) is 0 Å². The van der Waals surface area contributed by atoms with Crippen molar-refractivity contribution in [1.29, 1.82) is 0 Å². The van der Waals surface area contributed by atoms with Crippen LogP contribution in [-0.2, 0) is 23.8 Å². The lowest BCUT2D eigenvalue weighted by atomic mass is 10.1. The molecule has 0 fully saturated rings. The molecule has 2 amide bonds. The van der Waals surface area contributed by atoms with E-state index in [1.807, 2.05) is 4.68 Å². The number of hydrogen-bond donors (Lipinski definition) is 2. The standard InChI is InChI=1S/C14H17N5O2S/c1-22(21)12-4-2-3-10(7-12)17-14(20)18-11-5-6-13-15-9-16-19(13)8-11/h2-4,7,9,11H,5-6,8H2,1H3,(H2,17,18,20)/t11-,22+/m0/s1. The molecule has 0 aliphatic carbocycles. The zero-order chi connectivity index (χ0) is 15.5. The third-order valence-corrected chi connectivity index (χ3v) is 4.48. The van der Waals surface area contributed by atoms with Gasteiger partial charge in [-0.15, -0.1) is 0 Å². The second kappa shape index (κ2) is 6.27. The molecule has 2 aromatic rings. The Morgan fingerprint density at radius 3 is 3.14 bits per heavy atom. The highest BCUT2D eigenvalue weighted by atomic mass is 32.2. The van der Waals surface area contributed by atoms with Gasteiger partial charge in [-0.3, -0.25) is 4.21 Å². The summed E-state index contributed by atoms with van der Waals surface area (Å²) >= 11 is 0. The number of carbonyl (C=O) groups excluding carboxylic acids is 1. The summed E-state index contributed by atoms with van der Waals surface area (Å²) in [5.41, 5.74) is 0.627. The highest BCUT2D eigenvalue weighted by molar-refractivity contribution is 7.84. The molecule has 0 spiro atoms. The van der Waals surface area contributed by atoms with Crippen molar-refractivity contribution in [1.82, 2.24) is 20.1 Å². The number of amides is 2.